The molecule has 1 aromatic heterocycles. The fourth-order valence-corrected chi connectivity index (χ4v) is 1.78. The number of hydrogen-bond acceptors (Lipinski definition) is 7. The lowest BCUT2D eigenvalue weighted by molar-refractivity contribution is -0.385. The van der Waals surface area contributed by atoms with Crippen LogP contribution in [-0.4, -0.2) is 14.5 Å². The summed E-state index contributed by atoms with van der Waals surface area (Å²) >= 11 is 1.08. The van der Waals surface area contributed by atoms with E-state index in [4.69, 9.17) is 10.5 Å². The molecule has 0 aliphatic heterocycles. The summed E-state index contributed by atoms with van der Waals surface area (Å²) in [5.41, 5.74) is 6.75. The van der Waals surface area contributed by atoms with E-state index in [0.717, 1.165) is 11.5 Å². The van der Waals surface area contributed by atoms with Crippen LogP contribution < -0.4 is 10.5 Å². The highest BCUT2D eigenvalue weighted by molar-refractivity contribution is 7.09. The molecule has 0 saturated heterocycles. The van der Waals surface area contributed by atoms with Gasteiger partial charge in [-0.15, -0.1) is 5.10 Å². The van der Waals surface area contributed by atoms with Gasteiger partial charge >= 0.3 is 0 Å². The summed E-state index contributed by atoms with van der Waals surface area (Å²) in [7, 11) is 0. The average molecular weight is 266 g/mol. The minimum absolute atomic E-state index is 0.0249. The number of nitro groups is 1. The van der Waals surface area contributed by atoms with Gasteiger partial charge in [0.1, 0.15) is 23.1 Å². The Balaban J connectivity index is 2.13. The van der Waals surface area contributed by atoms with Crippen molar-refractivity contribution in [1.29, 1.82) is 0 Å². The van der Waals surface area contributed by atoms with Crippen LogP contribution in [0.4, 0.5) is 10.7 Å². The first-order valence-corrected chi connectivity index (χ1v) is 5.80. The fraction of sp³-hybridized carbons (Fsp3) is 0.200. The summed E-state index contributed by atoms with van der Waals surface area (Å²) in [6.45, 7) is 1.81. The topological polar surface area (TPSA) is 104 Å². The Labute approximate surface area is 107 Å². The number of anilines is 1. The van der Waals surface area contributed by atoms with E-state index in [9.17, 15) is 10.1 Å². The van der Waals surface area contributed by atoms with E-state index in [-0.39, 0.29) is 12.3 Å². The van der Waals surface area contributed by atoms with Crippen molar-refractivity contribution in [3.63, 3.8) is 0 Å². The van der Waals surface area contributed by atoms with Gasteiger partial charge in [0.25, 0.3) is 5.69 Å². The van der Waals surface area contributed by atoms with Crippen LogP contribution in [0.5, 0.6) is 5.75 Å². The van der Waals surface area contributed by atoms with Crippen molar-refractivity contribution >= 4 is 22.2 Å². The number of hydrogen-bond donors (Lipinski definition) is 1. The third-order valence-electron chi connectivity index (χ3n) is 2.34. The zero-order valence-corrected chi connectivity index (χ0v) is 10.3. The largest absolute Gasteiger partial charge is 0.487 e. The molecule has 0 aliphatic rings. The highest BCUT2D eigenvalue weighted by Gasteiger charge is 2.12. The maximum absolute atomic E-state index is 10.8. The Bertz CT molecular complexity index is 584. The number of aryl methyl sites for hydroxylation is 1. The second kappa shape index (κ2) is 4.96. The van der Waals surface area contributed by atoms with Crippen LogP contribution in [0.15, 0.2) is 18.2 Å². The van der Waals surface area contributed by atoms with E-state index in [0.29, 0.717) is 22.0 Å². The molecule has 0 bridgehead atoms. The molecular weight excluding hydrogens is 256 g/mol. The number of nitrogens with two attached hydrogens (primary N) is 1. The monoisotopic (exact) mass is 266 g/mol. The number of nitrogens with zero attached hydrogens (tertiary/aromatic N) is 3. The summed E-state index contributed by atoms with van der Waals surface area (Å²) in [6.07, 6.45) is 0. The number of nitrogen functional groups attached to an aromatic ring is 1. The number of nitro benzene ring substituents is 1. The lowest BCUT2D eigenvalue weighted by atomic mass is 10.2. The van der Waals surface area contributed by atoms with Gasteiger partial charge in [-0.1, -0.05) is 4.49 Å². The smallest absolute Gasteiger partial charge is 0.276 e. The van der Waals surface area contributed by atoms with Gasteiger partial charge in [-0.05, 0) is 19.1 Å². The molecule has 2 rings (SSSR count). The number of rotatable bonds is 4. The lowest BCUT2D eigenvalue weighted by Crippen LogP contribution is -2.00. The van der Waals surface area contributed by atoms with Crippen LogP contribution in [0, 0.1) is 17.0 Å². The third kappa shape index (κ3) is 2.54. The molecule has 0 amide bonds. The van der Waals surface area contributed by atoms with Gasteiger partial charge in [-0.3, -0.25) is 10.1 Å². The normalized spacial score (nSPS) is 10.3. The first kappa shape index (κ1) is 12.2. The molecule has 0 saturated carbocycles. The minimum Gasteiger partial charge on any atom is -0.487 e. The molecule has 2 aromatic rings. The van der Waals surface area contributed by atoms with Crippen LogP contribution >= 0.6 is 11.5 Å². The van der Waals surface area contributed by atoms with E-state index < -0.39 is 4.92 Å². The maximum atomic E-state index is 10.8. The Kier molecular flexibility index (Phi) is 3.38. The average Bonchev–Trinajstić information content (AvgIpc) is 2.73. The summed E-state index contributed by atoms with van der Waals surface area (Å²) in [6, 6.07) is 4.68. The summed E-state index contributed by atoms with van der Waals surface area (Å²) < 4.78 is 9.07. The van der Waals surface area contributed by atoms with Gasteiger partial charge in [0.15, 0.2) is 0 Å². The predicted molar refractivity (Wildman–Crippen MR) is 66.5 cm³/mol. The van der Waals surface area contributed by atoms with Gasteiger partial charge in [0, 0.05) is 17.1 Å². The molecule has 0 spiro atoms. The Morgan fingerprint density at radius 3 is 2.94 bits per heavy atom. The summed E-state index contributed by atoms with van der Waals surface area (Å²) in [4.78, 5) is 10.3. The number of benzene rings is 1. The van der Waals surface area contributed by atoms with Gasteiger partial charge in [0.2, 0.25) is 0 Å². The Morgan fingerprint density at radius 1 is 1.56 bits per heavy atom. The van der Waals surface area contributed by atoms with Gasteiger partial charge in [-0.2, -0.15) is 0 Å². The number of ether oxygens (including phenoxy) is 1. The fourth-order valence-electron chi connectivity index (χ4n) is 1.34. The van der Waals surface area contributed by atoms with Crippen molar-refractivity contribution in [1.82, 2.24) is 9.59 Å². The van der Waals surface area contributed by atoms with Crippen LogP contribution in [0.25, 0.3) is 0 Å². The second-order valence-corrected chi connectivity index (χ2v) is 4.36. The molecule has 0 radical (unpaired) electrons. The molecule has 0 unspecified atom stereocenters. The molecule has 94 valence electrons. The molecule has 8 heteroatoms. The molecule has 7 nitrogen and oxygen atoms in total. The van der Waals surface area contributed by atoms with Crippen molar-refractivity contribution in [3.05, 3.63) is 39.6 Å². The Morgan fingerprint density at radius 2 is 2.33 bits per heavy atom. The van der Waals surface area contributed by atoms with Crippen LogP contribution in [0.3, 0.4) is 0 Å². The van der Waals surface area contributed by atoms with Gasteiger partial charge < -0.3 is 10.5 Å². The van der Waals surface area contributed by atoms with E-state index in [2.05, 4.69) is 9.59 Å². The molecule has 0 fully saturated rings. The zero-order valence-electron chi connectivity index (χ0n) is 9.49. The molecular formula is C10H10N4O3S. The van der Waals surface area contributed by atoms with Crippen molar-refractivity contribution < 1.29 is 9.66 Å². The molecule has 18 heavy (non-hydrogen) atoms. The standard InChI is InChI=1S/C10H10N4O3S/c1-6-2-3-7(4-9(6)14(15)16)17-5-8-10(11)18-13-12-8/h2-4H,5,11H2,1H3. The van der Waals surface area contributed by atoms with E-state index >= 15 is 0 Å². The molecule has 1 heterocycles. The quantitative estimate of drug-likeness (QED) is 0.669. The molecule has 0 aliphatic carbocycles. The van der Waals surface area contributed by atoms with Crippen molar-refractivity contribution in [2.45, 2.75) is 13.5 Å². The lowest BCUT2D eigenvalue weighted by Gasteiger charge is -2.05. The van der Waals surface area contributed by atoms with Gasteiger partial charge in [-0.25, -0.2) is 0 Å². The van der Waals surface area contributed by atoms with E-state index in [1.54, 1.807) is 19.1 Å². The summed E-state index contributed by atoms with van der Waals surface area (Å²) in [5.74, 6) is 0.403. The first-order valence-electron chi connectivity index (χ1n) is 5.02. The zero-order chi connectivity index (χ0) is 13.1. The van der Waals surface area contributed by atoms with Crippen molar-refractivity contribution in [2.24, 2.45) is 0 Å². The Hall–Kier alpha value is -2.22. The van der Waals surface area contributed by atoms with Crippen molar-refractivity contribution in [2.75, 3.05) is 5.73 Å². The highest BCUT2D eigenvalue weighted by Crippen LogP contribution is 2.25. The van der Waals surface area contributed by atoms with E-state index in [1.807, 2.05) is 0 Å². The predicted octanol–water partition coefficient (Wildman–Crippen LogP) is 1.92. The maximum Gasteiger partial charge on any atom is 0.276 e. The molecule has 0 atom stereocenters. The summed E-state index contributed by atoms with van der Waals surface area (Å²) in [5, 5.41) is 15.0. The second-order valence-electron chi connectivity index (χ2n) is 3.58. The SMILES string of the molecule is Cc1ccc(OCc2nnsc2N)cc1[N+](=O)[O-]. The highest BCUT2D eigenvalue weighted by atomic mass is 32.1. The van der Waals surface area contributed by atoms with E-state index in [1.165, 1.54) is 6.07 Å². The molecule has 1 aromatic carbocycles. The number of aromatic nitrogens is 2. The third-order valence-corrected chi connectivity index (χ3v) is 2.93. The van der Waals surface area contributed by atoms with Gasteiger partial charge in [0.05, 0.1) is 11.0 Å². The minimum atomic E-state index is -0.444. The van der Waals surface area contributed by atoms with Crippen LogP contribution in [0.1, 0.15) is 11.3 Å². The van der Waals surface area contributed by atoms with Crippen LogP contribution in [-0.2, 0) is 6.61 Å². The van der Waals surface area contributed by atoms with Crippen molar-refractivity contribution in [3.8, 4) is 5.75 Å². The first-order chi connectivity index (χ1) is 8.58. The molecule has 2 N–H and O–H groups in total. The van der Waals surface area contributed by atoms with Crippen LogP contribution in [0.2, 0.25) is 0 Å².